The zero-order valence-corrected chi connectivity index (χ0v) is 21.1. The summed E-state index contributed by atoms with van der Waals surface area (Å²) in [7, 11) is 4.46. The molecule has 2 aliphatic carbocycles. The number of carbonyl (C=O) groups is 1. The van der Waals surface area contributed by atoms with Crippen LogP contribution in [0.2, 0.25) is 0 Å². The molecule has 4 rings (SSSR count). The Bertz CT molecular complexity index is 1280. The second-order valence-corrected chi connectivity index (χ2v) is 7.90. The number of nitrogens with zero attached hydrogens (tertiary/aromatic N) is 5. The summed E-state index contributed by atoms with van der Waals surface area (Å²) in [5.74, 6) is -0.235. The van der Waals surface area contributed by atoms with Gasteiger partial charge in [0.25, 0.3) is 0 Å². The van der Waals surface area contributed by atoms with E-state index in [1.165, 1.54) is 24.1 Å². The minimum atomic E-state index is -0.500. The maximum absolute atomic E-state index is 12.2. The molecule has 0 atom stereocenters. The predicted octanol–water partition coefficient (Wildman–Crippen LogP) is 5.23. The highest BCUT2D eigenvalue weighted by atomic mass is 19.1. The Balaban J connectivity index is 0.000000314. The zero-order valence-electron chi connectivity index (χ0n) is 21.1. The summed E-state index contributed by atoms with van der Waals surface area (Å²) in [6.07, 6.45) is 22.2. The van der Waals surface area contributed by atoms with Crippen molar-refractivity contribution in [1.82, 2.24) is 19.8 Å². The number of fused-ring (bicyclic) bond motifs is 1. The van der Waals surface area contributed by atoms with Crippen LogP contribution in [0.3, 0.4) is 0 Å². The van der Waals surface area contributed by atoms with Gasteiger partial charge in [-0.3, -0.25) is 30.0 Å². The number of halogens is 1. The lowest BCUT2D eigenvalue weighted by atomic mass is 10.0. The molecular formula is C26H31FN6O3. The first kappa shape index (κ1) is 27.9. The molecule has 9 nitrogen and oxygen atoms in total. The number of aromatic nitrogens is 3. The number of anilines is 1. The summed E-state index contributed by atoms with van der Waals surface area (Å²) in [6, 6.07) is 0. The molecule has 0 radical (unpaired) electrons. The lowest BCUT2D eigenvalue weighted by Crippen LogP contribution is -2.30. The molecule has 36 heavy (non-hydrogen) atoms. The van der Waals surface area contributed by atoms with E-state index >= 15 is 0 Å². The highest BCUT2D eigenvalue weighted by molar-refractivity contribution is 5.95. The van der Waals surface area contributed by atoms with Gasteiger partial charge in [-0.2, -0.15) is 5.10 Å². The third-order valence-electron chi connectivity index (χ3n) is 5.09. The van der Waals surface area contributed by atoms with E-state index in [0.29, 0.717) is 0 Å². The average molecular weight is 495 g/mol. The molecule has 2 aromatic rings. The van der Waals surface area contributed by atoms with E-state index in [1.807, 2.05) is 32.2 Å². The van der Waals surface area contributed by atoms with Crippen LogP contribution in [0.1, 0.15) is 31.0 Å². The SMILES string of the molecule is CC(=O)N(C)Nc1c(C)c(C2=CCC=CC=C2)nc2c1cnn2C.C[N+](=O)[O-].FC1=CC=CCC=C1. The monoisotopic (exact) mass is 494 g/mol. The van der Waals surface area contributed by atoms with E-state index in [0.717, 1.165) is 53.4 Å². The fraction of sp³-hybridized carbons (Fsp3) is 0.269. The van der Waals surface area contributed by atoms with Crippen LogP contribution in [0.15, 0.2) is 72.8 Å². The van der Waals surface area contributed by atoms with E-state index in [-0.39, 0.29) is 11.7 Å². The topological polar surface area (TPSA) is 106 Å². The summed E-state index contributed by atoms with van der Waals surface area (Å²) >= 11 is 0. The van der Waals surface area contributed by atoms with E-state index < -0.39 is 4.92 Å². The molecular weight excluding hydrogens is 463 g/mol. The fourth-order valence-electron chi connectivity index (χ4n) is 3.23. The molecule has 10 heteroatoms. The molecule has 0 saturated heterocycles. The van der Waals surface area contributed by atoms with Gasteiger partial charge in [0, 0.05) is 31.5 Å². The maximum Gasteiger partial charge on any atom is 0.237 e. The number of pyridine rings is 1. The highest BCUT2D eigenvalue weighted by Crippen LogP contribution is 2.32. The van der Waals surface area contributed by atoms with E-state index in [9.17, 15) is 9.18 Å². The Morgan fingerprint density at radius 1 is 1.19 bits per heavy atom. The van der Waals surface area contributed by atoms with Gasteiger partial charge in [-0.05, 0) is 37.5 Å². The Labute approximate surface area is 209 Å². The number of hydrogen-bond acceptors (Lipinski definition) is 6. The molecule has 190 valence electrons. The first-order chi connectivity index (χ1) is 17.1. The van der Waals surface area contributed by atoms with Gasteiger partial charge in [-0.15, -0.1) is 0 Å². The lowest BCUT2D eigenvalue weighted by molar-refractivity contribution is -0.445. The van der Waals surface area contributed by atoms with Crippen molar-refractivity contribution in [2.45, 2.75) is 26.7 Å². The van der Waals surface area contributed by atoms with Gasteiger partial charge in [-0.1, -0.05) is 48.6 Å². The quantitative estimate of drug-likeness (QED) is 0.463. The first-order valence-corrected chi connectivity index (χ1v) is 11.3. The number of hydrazine groups is 1. The Hall–Kier alpha value is -4.34. The van der Waals surface area contributed by atoms with Crippen molar-refractivity contribution < 1.29 is 14.1 Å². The van der Waals surface area contributed by atoms with E-state index in [2.05, 4.69) is 28.8 Å². The largest absolute Gasteiger partial charge is 0.295 e. The number of nitrogens with one attached hydrogen (secondary N) is 1. The van der Waals surface area contributed by atoms with Crippen molar-refractivity contribution in [2.75, 3.05) is 19.5 Å². The van der Waals surface area contributed by atoms with Gasteiger partial charge in [0.1, 0.15) is 5.83 Å². The van der Waals surface area contributed by atoms with Gasteiger partial charge < -0.3 is 0 Å². The van der Waals surface area contributed by atoms with Crippen LogP contribution < -0.4 is 5.43 Å². The van der Waals surface area contributed by atoms with Crippen LogP contribution in [0.5, 0.6) is 0 Å². The van der Waals surface area contributed by atoms with Gasteiger partial charge in [0.2, 0.25) is 5.91 Å². The summed E-state index contributed by atoms with van der Waals surface area (Å²) in [5.41, 5.74) is 7.76. The van der Waals surface area contributed by atoms with Gasteiger partial charge in [0.15, 0.2) is 12.7 Å². The van der Waals surface area contributed by atoms with Crippen molar-refractivity contribution in [2.24, 2.45) is 7.05 Å². The van der Waals surface area contributed by atoms with Crippen LogP contribution in [-0.4, -0.2) is 44.7 Å². The fourth-order valence-corrected chi connectivity index (χ4v) is 3.23. The van der Waals surface area contributed by atoms with Crippen molar-refractivity contribution in [3.05, 3.63) is 94.2 Å². The number of carbonyl (C=O) groups excluding carboxylic acids is 1. The van der Waals surface area contributed by atoms with Crippen LogP contribution in [0.25, 0.3) is 16.6 Å². The molecule has 0 aliphatic heterocycles. The van der Waals surface area contributed by atoms with Crippen LogP contribution >= 0.6 is 0 Å². The van der Waals surface area contributed by atoms with Gasteiger partial charge in [0.05, 0.1) is 23.0 Å². The molecule has 2 aromatic heterocycles. The lowest BCUT2D eigenvalue weighted by Gasteiger charge is -2.21. The number of amides is 1. The maximum atomic E-state index is 12.2. The van der Waals surface area contributed by atoms with Crippen molar-refractivity contribution >= 4 is 28.2 Å². The molecule has 0 spiro atoms. The van der Waals surface area contributed by atoms with Crippen LogP contribution in [0, 0.1) is 17.0 Å². The number of allylic oxidation sites excluding steroid dienone is 12. The Morgan fingerprint density at radius 2 is 1.89 bits per heavy atom. The van der Waals surface area contributed by atoms with E-state index in [1.54, 1.807) is 30.1 Å². The van der Waals surface area contributed by atoms with Crippen molar-refractivity contribution in [3.8, 4) is 0 Å². The molecule has 1 N–H and O–H groups in total. The molecule has 0 aromatic carbocycles. The normalized spacial score (nSPS) is 13.8. The first-order valence-electron chi connectivity index (χ1n) is 11.3. The van der Waals surface area contributed by atoms with E-state index in [4.69, 9.17) is 15.1 Å². The zero-order chi connectivity index (χ0) is 26.7. The number of hydrogen-bond donors (Lipinski definition) is 1. The molecule has 0 bridgehead atoms. The standard InChI is InChI=1S/C18H21N5O.C7H7F.CH3NO2/c1-12-16(14-9-7-5-6-8-10-14)20-18-15(11-19-23(18)4)17(12)21-22(3)13(2)24;8-7-5-3-1-2-4-6-7;1-2(3)4/h5-7,9-11H,8H2,1-4H3,(H,20,21);1,3-6H,2H2;1H3. The summed E-state index contributed by atoms with van der Waals surface area (Å²) in [4.78, 5) is 24.8. The number of rotatable bonds is 3. The van der Waals surface area contributed by atoms with Crippen LogP contribution in [0.4, 0.5) is 10.1 Å². The third-order valence-corrected chi connectivity index (χ3v) is 5.09. The van der Waals surface area contributed by atoms with Gasteiger partial charge >= 0.3 is 0 Å². The molecule has 2 aliphatic rings. The Kier molecular flexibility index (Phi) is 10.5. The van der Waals surface area contributed by atoms with Crippen molar-refractivity contribution in [3.63, 3.8) is 0 Å². The number of aryl methyl sites for hydroxylation is 1. The van der Waals surface area contributed by atoms with Gasteiger partial charge in [-0.25, -0.2) is 9.37 Å². The summed E-state index contributed by atoms with van der Waals surface area (Å²) in [5, 5.41) is 15.5. The Morgan fingerprint density at radius 3 is 2.58 bits per heavy atom. The summed E-state index contributed by atoms with van der Waals surface area (Å²) < 4.78 is 13.9. The second kappa shape index (κ2) is 13.5. The highest BCUT2D eigenvalue weighted by Gasteiger charge is 2.18. The third kappa shape index (κ3) is 8.15. The average Bonchev–Trinajstić information content (AvgIpc) is 3.02. The second-order valence-electron chi connectivity index (χ2n) is 7.90. The van der Waals surface area contributed by atoms with Crippen molar-refractivity contribution in [1.29, 1.82) is 0 Å². The molecule has 0 saturated carbocycles. The molecule has 1 amide bonds. The smallest absolute Gasteiger partial charge is 0.237 e. The number of nitro groups is 1. The van der Waals surface area contributed by atoms with Crippen LogP contribution in [-0.2, 0) is 11.8 Å². The molecule has 2 heterocycles. The summed E-state index contributed by atoms with van der Waals surface area (Å²) in [6.45, 7) is 3.53. The minimum Gasteiger partial charge on any atom is -0.295 e. The molecule has 0 unspecified atom stereocenters. The predicted molar refractivity (Wildman–Crippen MR) is 141 cm³/mol. The molecule has 0 fully saturated rings. The minimum absolute atomic E-state index is 0.0671.